The lowest BCUT2D eigenvalue weighted by Crippen LogP contribution is -2.44. The monoisotopic (exact) mass is 474 g/mol. The highest BCUT2D eigenvalue weighted by Gasteiger charge is 2.33. The number of aromatic nitrogens is 9. The number of alkyl halides is 1. The fourth-order valence-corrected chi connectivity index (χ4v) is 3.62. The second-order valence-electron chi connectivity index (χ2n) is 7.33. The number of nitrogens with zero attached hydrogens (tertiary/aromatic N) is 10. The maximum absolute atomic E-state index is 14.9. The van der Waals surface area contributed by atoms with Crippen LogP contribution in [0.2, 0.25) is 5.02 Å². The summed E-state index contributed by atoms with van der Waals surface area (Å²) in [5.74, 6) is -0.104. The molecule has 1 saturated heterocycles. The van der Waals surface area contributed by atoms with E-state index in [4.69, 9.17) is 16.3 Å². The summed E-state index contributed by atoms with van der Waals surface area (Å²) >= 11 is 5.81. The molecular weight excluding hydrogens is 458 g/mol. The summed E-state index contributed by atoms with van der Waals surface area (Å²) in [5, 5.41) is 19.7. The second-order valence-corrected chi connectivity index (χ2v) is 7.77. The first kappa shape index (κ1) is 21.1. The van der Waals surface area contributed by atoms with Crippen LogP contribution in [0.3, 0.4) is 0 Å². The van der Waals surface area contributed by atoms with Crippen molar-refractivity contribution < 1.29 is 13.5 Å². The molecule has 0 saturated carbocycles. The van der Waals surface area contributed by atoms with E-state index in [-0.39, 0.29) is 18.9 Å². The smallest absolute Gasteiger partial charge is 0.225 e. The topological polar surface area (TPSA) is 113 Å². The largest absolute Gasteiger partial charge is 0.484 e. The molecule has 1 fully saturated rings. The van der Waals surface area contributed by atoms with Crippen molar-refractivity contribution in [2.24, 2.45) is 0 Å². The first-order chi connectivity index (χ1) is 16.1. The molecule has 2 unspecified atom stereocenters. The van der Waals surface area contributed by atoms with Crippen LogP contribution < -0.4 is 9.64 Å². The zero-order valence-electron chi connectivity index (χ0n) is 17.0. The first-order valence-electron chi connectivity index (χ1n) is 10.00. The molecule has 0 bridgehead atoms. The van der Waals surface area contributed by atoms with E-state index in [1.807, 2.05) is 0 Å². The van der Waals surface area contributed by atoms with E-state index in [0.717, 1.165) is 0 Å². The molecule has 0 spiro atoms. The molecule has 0 radical (unpaired) electrons. The molecule has 0 N–H and O–H groups in total. The SMILES string of the molecule is Fc1cc(-n2cnnn2)ccc1OCc1cnn(C2CCN(c3ncc(Cl)cn3)CC2F)n1. The Kier molecular flexibility index (Phi) is 5.77. The van der Waals surface area contributed by atoms with E-state index in [9.17, 15) is 8.78 Å². The molecule has 0 amide bonds. The summed E-state index contributed by atoms with van der Waals surface area (Å²) in [6, 6.07) is 3.82. The molecule has 2 atom stereocenters. The number of rotatable bonds is 6. The Morgan fingerprint density at radius 2 is 2.03 bits per heavy atom. The molecule has 4 aromatic rings. The van der Waals surface area contributed by atoms with Crippen LogP contribution in [0.25, 0.3) is 5.69 Å². The van der Waals surface area contributed by atoms with Gasteiger partial charge in [-0.05, 0) is 29.0 Å². The Labute approximate surface area is 191 Å². The Hall–Kier alpha value is -3.74. The predicted octanol–water partition coefficient (Wildman–Crippen LogP) is 2.20. The minimum Gasteiger partial charge on any atom is -0.484 e. The Balaban J connectivity index is 1.20. The Bertz CT molecular complexity index is 1220. The lowest BCUT2D eigenvalue weighted by molar-refractivity contribution is 0.172. The van der Waals surface area contributed by atoms with Crippen molar-refractivity contribution in [3.63, 3.8) is 0 Å². The van der Waals surface area contributed by atoms with E-state index >= 15 is 0 Å². The number of hydrogen-bond donors (Lipinski definition) is 0. The minimum atomic E-state index is -1.23. The highest BCUT2D eigenvalue weighted by atomic mass is 35.5. The molecule has 0 aliphatic carbocycles. The van der Waals surface area contributed by atoms with Crippen LogP contribution >= 0.6 is 11.6 Å². The highest BCUT2D eigenvalue weighted by molar-refractivity contribution is 6.30. The average molecular weight is 475 g/mol. The van der Waals surface area contributed by atoms with E-state index < -0.39 is 18.0 Å². The lowest BCUT2D eigenvalue weighted by Gasteiger charge is -2.33. The van der Waals surface area contributed by atoms with E-state index in [2.05, 4.69) is 35.7 Å². The van der Waals surface area contributed by atoms with Crippen molar-refractivity contribution in [3.05, 3.63) is 59.7 Å². The van der Waals surface area contributed by atoms with Crippen molar-refractivity contribution in [2.75, 3.05) is 18.0 Å². The minimum absolute atomic E-state index is 0.0183. The number of benzene rings is 1. The van der Waals surface area contributed by atoms with Crippen LogP contribution in [-0.4, -0.2) is 64.4 Å². The number of piperidine rings is 1. The zero-order valence-corrected chi connectivity index (χ0v) is 17.8. The van der Waals surface area contributed by atoms with Crippen LogP contribution in [0, 0.1) is 5.82 Å². The van der Waals surface area contributed by atoms with Gasteiger partial charge in [-0.1, -0.05) is 11.6 Å². The van der Waals surface area contributed by atoms with Gasteiger partial charge in [-0.25, -0.2) is 23.4 Å². The molecule has 5 rings (SSSR count). The summed E-state index contributed by atoms with van der Waals surface area (Å²) in [7, 11) is 0. The molecule has 14 heteroatoms. The standard InChI is InChI=1S/C19H17ClF2N10O/c20-12-6-23-19(24-7-12)30-4-3-17(16(22)9-30)32-26-8-13(27-32)10-33-18-2-1-14(5-15(18)21)31-11-25-28-29-31/h1-2,5-8,11,16-17H,3-4,9-10H2. The normalized spacial score (nSPS) is 18.5. The molecule has 170 valence electrons. The number of anilines is 1. The van der Waals surface area contributed by atoms with Crippen LogP contribution in [0.5, 0.6) is 5.75 Å². The molecule has 1 aliphatic heterocycles. The van der Waals surface area contributed by atoms with E-state index in [1.165, 1.54) is 46.5 Å². The first-order valence-corrected chi connectivity index (χ1v) is 10.4. The maximum Gasteiger partial charge on any atom is 0.225 e. The lowest BCUT2D eigenvalue weighted by atomic mass is 10.0. The van der Waals surface area contributed by atoms with Gasteiger partial charge in [-0.15, -0.1) is 5.10 Å². The van der Waals surface area contributed by atoms with Gasteiger partial charge >= 0.3 is 0 Å². The number of tetrazole rings is 1. The van der Waals surface area contributed by atoms with Crippen molar-refractivity contribution in [1.82, 2.24) is 45.2 Å². The van der Waals surface area contributed by atoms with Crippen LogP contribution in [-0.2, 0) is 6.61 Å². The number of hydrogen-bond acceptors (Lipinski definition) is 9. The van der Waals surface area contributed by atoms with Gasteiger partial charge in [0.1, 0.15) is 30.8 Å². The average Bonchev–Trinajstić information content (AvgIpc) is 3.51. The quantitative estimate of drug-likeness (QED) is 0.415. The number of ether oxygens (including phenoxy) is 1. The summed E-state index contributed by atoms with van der Waals surface area (Å²) in [4.78, 5) is 11.4. The number of halogens is 3. The maximum atomic E-state index is 14.9. The van der Waals surface area contributed by atoms with Crippen molar-refractivity contribution in [1.29, 1.82) is 0 Å². The predicted molar refractivity (Wildman–Crippen MR) is 111 cm³/mol. The molecule has 1 aromatic carbocycles. The Morgan fingerprint density at radius 1 is 1.18 bits per heavy atom. The van der Waals surface area contributed by atoms with Crippen LogP contribution in [0.1, 0.15) is 18.2 Å². The van der Waals surface area contributed by atoms with Gasteiger partial charge in [0, 0.05) is 12.6 Å². The Morgan fingerprint density at radius 3 is 2.76 bits per heavy atom. The molecular formula is C19H17ClF2N10O. The van der Waals surface area contributed by atoms with Gasteiger partial charge < -0.3 is 9.64 Å². The highest BCUT2D eigenvalue weighted by Crippen LogP contribution is 2.27. The summed E-state index contributed by atoms with van der Waals surface area (Å²) in [6.45, 7) is 0.632. The molecule has 11 nitrogen and oxygen atoms in total. The van der Waals surface area contributed by atoms with Crippen LogP contribution in [0.4, 0.5) is 14.7 Å². The van der Waals surface area contributed by atoms with E-state index in [0.29, 0.717) is 35.3 Å². The molecule has 3 aromatic heterocycles. The van der Waals surface area contributed by atoms with Gasteiger partial charge in [0.05, 0.1) is 35.8 Å². The summed E-state index contributed by atoms with van der Waals surface area (Å²) in [5.41, 5.74) is 0.912. The summed E-state index contributed by atoms with van der Waals surface area (Å²) < 4.78 is 36.1. The fraction of sp³-hybridized carbons (Fsp3) is 0.316. The fourth-order valence-electron chi connectivity index (χ4n) is 3.52. The third-order valence-electron chi connectivity index (χ3n) is 5.15. The van der Waals surface area contributed by atoms with Gasteiger partial charge in [-0.2, -0.15) is 15.0 Å². The van der Waals surface area contributed by atoms with Gasteiger partial charge in [-0.3, -0.25) is 0 Å². The van der Waals surface area contributed by atoms with E-state index in [1.54, 1.807) is 11.0 Å². The zero-order chi connectivity index (χ0) is 22.8. The molecule has 33 heavy (non-hydrogen) atoms. The van der Waals surface area contributed by atoms with Crippen molar-refractivity contribution in [2.45, 2.75) is 25.2 Å². The second kappa shape index (κ2) is 9.02. The van der Waals surface area contributed by atoms with Crippen LogP contribution in [0.15, 0.2) is 43.1 Å². The van der Waals surface area contributed by atoms with Gasteiger partial charge in [0.15, 0.2) is 11.6 Å². The van der Waals surface area contributed by atoms with Crippen molar-refractivity contribution in [3.8, 4) is 11.4 Å². The molecule has 1 aliphatic rings. The van der Waals surface area contributed by atoms with Crippen molar-refractivity contribution >= 4 is 17.5 Å². The third kappa shape index (κ3) is 4.58. The summed E-state index contributed by atoms with van der Waals surface area (Å²) in [6.07, 6.45) is 5.04. The van der Waals surface area contributed by atoms with Gasteiger partial charge in [0.2, 0.25) is 5.95 Å². The molecule has 4 heterocycles. The van der Waals surface area contributed by atoms with Gasteiger partial charge in [0.25, 0.3) is 0 Å². The third-order valence-corrected chi connectivity index (χ3v) is 5.35.